The topological polar surface area (TPSA) is 87.0 Å². The lowest BCUT2D eigenvalue weighted by molar-refractivity contribution is 0.101. The highest BCUT2D eigenvalue weighted by Gasteiger charge is 2.33. The van der Waals surface area contributed by atoms with E-state index in [9.17, 15) is 22.2 Å². The fraction of sp³-hybridized carbons (Fsp3) is 0.421. The Bertz CT molecular complexity index is 1070. The molecule has 1 aliphatic heterocycles. The second-order valence-electron chi connectivity index (χ2n) is 7.73. The molecule has 0 radical (unpaired) electrons. The van der Waals surface area contributed by atoms with Crippen molar-refractivity contribution in [3.8, 4) is 0 Å². The van der Waals surface area contributed by atoms with Crippen LogP contribution in [0.3, 0.4) is 0 Å². The lowest BCUT2D eigenvalue weighted by Crippen LogP contribution is -2.33. The zero-order valence-corrected chi connectivity index (χ0v) is 16.5. The van der Waals surface area contributed by atoms with Crippen molar-refractivity contribution in [1.82, 2.24) is 9.29 Å². The number of benzene rings is 1. The largest absolute Gasteiger partial charge is 0.345 e. The molecule has 1 amide bonds. The van der Waals surface area contributed by atoms with Gasteiger partial charge in [-0.05, 0) is 25.2 Å². The van der Waals surface area contributed by atoms with Gasteiger partial charge in [0.15, 0.2) is 17.5 Å². The van der Waals surface area contributed by atoms with Crippen molar-refractivity contribution in [2.75, 3.05) is 5.32 Å². The van der Waals surface area contributed by atoms with Crippen molar-refractivity contribution in [2.24, 2.45) is 13.0 Å². The standard InChI is InChI=1S/C19H21F3N4O2S/c1-26-9-16-13(5-4-11(6-10-2-3-10)25-29(16,23)28)18(26)19(27)24-12-7-14(20)17(22)15(21)8-12/h7-11H,2-6H2,1H3,(H,24,27)(H2,23,25,28)/t11-,29?/m1/s1. The van der Waals surface area contributed by atoms with E-state index in [1.165, 1.54) is 10.8 Å². The average molecular weight is 426 g/mol. The van der Waals surface area contributed by atoms with Crippen molar-refractivity contribution < 1.29 is 22.2 Å². The van der Waals surface area contributed by atoms with Gasteiger partial charge < -0.3 is 9.88 Å². The smallest absolute Gasteiger partial charge is 0.272 e. The summed E-state index contributed by atoms with van der Waals surface area (Å²) in [5, 5.41) is 2.36. The molecule has 4 rings (SSSR count). The van der Waals surface area contributed by atoms with Crippen LogP contribution >= 0.6 is 0 Å². The lowest BCUT2D eigenvalue weighted by atomic mass is 10.0. The highest BCUT2D eigenvalue weighted by Crippen LogP contribution is 2.36. The van der Waals surface area contributed by atoms with Crippen LogP contribution in [0.2, 0.25) is 0 Å². The van der Waals surface area contributed by atoms with Crippen LogP contribution in [-0.2, 0) is 23.4 Å². The van der Waals surface area contributed by atoms with E-state index in [1.54, 1.807) is 7.05 Å². The number of nitrogens with zero attached hydrogens (tertiary/aromatic N) is 1. The van der Waals surface area contributed by atoms with Gasteiger partial charge in [0.2, 0.25) is 0 Å². The summed E-state index contributed by atoms with van der Waals surface area (Å²) in [5.74, 6) is -4.51. The molecule has 1 unspecified atom stereocenters. The monoisotopic (exact) mass is 426 g/mol. The van der Waals surface area contributed by atoms with Gasteiger partial charge >= 0.3 is 0 Å². The first-order valence-electron chi connectivity index (χ1n) is 9.36. The van der Waals surface area contributed by atoms with E-state index < -0.39 is 33.3 Å². The lowest BCUT2D eigenvalue weighted by Gasteiger charge is -2.16. The van der Waals surface area contributed by atoms with Crippen LogP contribution < -0.4 is 10.0 Å². The number of amides is 1. The third-order valence-electron chi connectivity index (χ3n) is 5.40. The van der Waals surface area contributed by atoms with Gasteiger partial charge in [-0.2, -0.15) is 0 Å². The van der Waals surface area contributed by atoms with Crippen LogP contribution in [0.15, 0.2) is 23.2 Å². The van der Waals surface area contributed by atoms with Crippen LogP contribution in [0.1, 0.15) is 41.7 Å². The van der Waals surface area contributed by atoms with Crippen molar-refractivity contribution in [1.29, 1.82) is 4.78 Å². The van der Waals surface area contributed by atoms with E-state index in [0.29, 0.717) is 36.5 Å². The Morgan fingerprint density at radius 1 is 1.28 bits per heavy atom. The van der Waals surface area contributed by atoms with E-state index >= 15 is 0 Å². The summed E-state index contributed by atoms with van der Waals surface area (Å²) in [7, 11) is -1.72. The molecule has 10 heteroatoms. The maximum Gasteiger partial charge on any atom is 0.272 e. The third kappa shape index (κ3) is 3.91. The molecule has 0 saturated heterocycles. The highest BCUT2D eigenvalue weighted by atomic mass is 32.2. The molecule has 6 nitrogen and oxygen atoms in total. The minimum atomic E-state index is -3.29. The van der Waals surface area contributed by atoms with Crippen molar-refractivity contribution in [2.45, 2.75) is 43.0 Å². The predicted molar refractivity (Wildman–Crippen MR) is 101 cm³/mol. The molecule has 2 atom stereocenters. The normalized spacial score (nSPS) is 24.1. The Balaban J connectivity index is 1.64. The number of fused-ring (bicyclic) bond motifs is 1. The second kappa shape index (κ2) is 7.17. The van der Waals surface area contributed by atoms with Crippen molar-refractivity contribution >= 4 is 21.5 Å². The molecule has 1 aliphatic carbocycles. The Morgan fingerprint density at radius 2 is 1.93 bits per heavy atom. The summed E-state index contributed by atoms with van der Waals surface area (Å²) < 4.78 is 65.8. The molecule has 1 aromatic carbocycles. The molecule has 0 bridgehead atoms. The first-order chi connectivity index (χ1) is 13.7. The fourth-order valence-corrected chi connectivity index (χ4v) is 5.51. The quantitative estimate of drug-likeness (QED) is 0.651. The van der Waals surface area contributed by atoms with Gasteiger partial charge in [0.05, 0.1) is 4.90 Å². The second-order valence-corrected chi connectivity index (χ2v) is 9.52. The maximum absolute atomic E-state index is 13.5. The number of anilines is 1. The number of rotatable bonds is 4. The van der Waals surface area contributed by atoms with Crippen LogP contribution in [0.5, 0.6) is 0 Å². The van der Waals surface area contributed by atoms with Gasteiger partial charge in [0, 0.05) is 42.7 Å². The summed E-state index contributed by atoms with van der Waals surface area (Å²) >= 11 is 0. The molecular formula is C19H21F3N4O2S. The Morgan fingerprint density at radius 3 is 2.55 bits per heavy atom. The number of carbonyl (C=O) groups excluding carboxylic acids is 1. The SMILES string of the molecule is Cn1cc2c(c1C(=O)Nc1cc(F)c(F)c(F)c1)CC[C@H](CC1CC1)NS2(=N)=O. The van der Waals surface area contributed by atoms with Gasteiger partial charge in [0.25, 0.3) is 5.91 Å². The first-order valence-corrected chi connectivity index (χ1v) is 10.9. The number of aryl methyl sites for hydroxylation is 1. The average Bonchev–Trinajstić information content (AvgIpc) is 3.38. The fourth-order valence-electron chi connectivity index (χ4n) is 3.85. The summed E-state index contributed by atoms with van der Waals surface area (Å²) in [6.45, 7) is 0. The Kier molecular flexibility index (Phi) is 4.94. The van der Waals surface area contributed by atoms with Crippen LogP contribution in [0, 0.1) is 28.1 Å². The van der Waals surface area contributed by atoms with Gasteiger partial charge in [-0.1, -0.05) is 12.8 Å². The molecule has 2 aromatic rings. The molecule has 2 heterocycles. The van der Waals surface area contributed by atoms with Crippen LogP contribution in [0.4, 0.5) is 18.9 Å². The van der Waals surface area contributed by atoms with E-state index in [0.717, 1.165) is 19.3 Å². The minimum Gasteiger partial charge on any atom is -0.345 e. The summed E-state index contributed by atoms with van der Waals surface area (Å²) in [6.07, 6.45) is 5.70. The number of hydrogen-bond donors (Lipinski definition) is 3. The molecule has 1 aromatic heterocycles. The summed E-state index contributed by atoms with van der Waals surface area (Å²) in [5.41, 5.74) is 0.421. The number of carbonyl (C=O) groups is 1. The number of halogens is 3. The van der Waals surface area contributed by atoms with Gasteiger partial charge in [-0.25, -0.2) is 26.9 Å². The van der Waals surface area contributed by atoms with E-state index in [2.05, 4.69) is 10.0 Å². The molecule has 2 aliphatic rings. The highest BCUT2D eigenvalue weighted by molar-refractivity contribution is 7.90. The van der Waals surface area contributed by atoms with E-state index in [-0.39, 0.29) is 22.3 Å². The molecular weight excluding hydrogens is 405 g/mol. The predicted octanol–water partition coefficient (Wildman–Crippen LogP) is 3.72. The molecule has 3 N–H and O–H groups in total. The number of hydrogen-bond acceptors (Lipinski definition) is 3. The maximum atomic E-state index is 13.5. The number of aromatic nitrogens is 1. The van der Waals surface area contributed by atoms with Gasteiger partial charge in [0.1, 0.15) is 15.6 Å². The molecule has 156 valence electrons. The zero-order valence-electron chi connectivity index (χ0n) is 15.7. The molecule has 1 saturated carbocycles. The van der Waals surface area contributed by atoms with E-state index in [4.69, 9.17) is 4.78 Å². The van der Waals surface area contributed by atoms with Crippen LogP contribution in [0.25, 0.3) is 0 Å². The third-order valence-corrected chi connectivity index (χ3v) is 7.04. The first kappa shape index (κ1) is 20.0. The van der Waals surface area contributed by atoms with Crippen molar-refractivity contribution in [3.05, 3.63) is 47.0 Å². The molecule has 29 heavy (non-hydrogen) atoms. The van der Waals surface area contributed by atoms with Crippen LogP contribution in [-0.4, -0.2) is 20.7 Å². The Hall–Kier alpha value is -2.33. The summed E-state index contributed by atoms with van der Waals surface area (Å²) in [6, 6.07) is 1.32. The minimum absolute atomic E-state index is 0.0681. The molecule has 0 spiro atoms. The zero-order chi connectivity index (χ0) is 20.9. The van der Waals surface area contributed by atoms with Gasteiger partial charge in [-0.3, -0.25) is 4.79 Å². The summed E-state index contributed by atoms with van der Waals surface area (Å²) in [4.78, 5) is 13.1. The van der Waals surface area contributed by atoms with Gasteiger partial charge in [-0.15, -0.1) is 0 Å². The molecule has 1 fully saturated rings. The Labute approximate surface area is 166 Å². The van der Waals surface area contributed by atoms with Crippen molar-refractivity contribution in [3.63, 3.8) is 0 Å². The number of nitrogens with one attached hydrogen (secondary N) is 3. The van der Waals surface area contributed by atoms with E-state index in [1.807, 2.05) is 0 Å².